The molecule has 6 heteroatoms. The van der Waals surface area contributed by atoms with E-state index in [0.29, 0.717) is 59.4 Å². The molecular formula is C44H54F4O2. The first-order valence-electron chi connectivity index (χ1n) is 19.4. The zero-order valence-corrected chi connectivity index (χ0v) is 29.9. The molecule has 0 atom stereocenters. The van der Waals surface area contributed by atoms with Crippen LogP contribution < -0.4 is 9.47 Å². The van der Waals surface area contributed by atoms with Gasteiger partial charge in [0.15, 0.2) is 0 Å². The Kier molecular flexibility index (Phi) is 12.0. The Labute approximate surface area is 295 Å². The summed E-state index contributed by atoms with van der Waals surface area (Å²) >= 11 is 0. The smallest absolute Gasteiger partial charge is 0.400 e. The molecule has 4 aromatic carbocycles. The van der Waals surface area contributed by atoms with E-state index in [1.807, 2.05) is 48.5 Å². The molecule has 0 aliphatic heterocycles. The number of ether oxygens (including phenoxy) is 2. The van der Waals surface area contributed by atoms with E-state index in [1.54, 1.807) is 24.3 Å². The van der Waals surface area contributed by atoms with E-state index in [1.165, 1.54) is 12.8 Å². The highest BCUT2D eigenvalue weighted by Crippen LogP contribution is 2.50. The molecule has 2 aliphatic rings. The largest absolute Gasteiger partial charge is 0.432 e. The lowest BCUT2D eigenvalue weighted by atomic mass is 9.79. The van der Waals surface area contributed by atoms with Gasteiger partial charge < -0.3 is 9.47 Å². The minimum atomic E-state index is -3.42. The molecule has 50 heavy (non-hydrogen) atoms. The number of hydrogen-bond donors (Lipinski definition) is 0. The van der Waals surface area contributed by atoms with Gasteiger partial charge in [-0.05, 0) is 96.9 Å². The summed E-state index contributed by atoms with van der Waals surface area (Å²) in [6.07, 6.45) is 7.01. The Morgan fingerprint density at radius 1 is 0.500 bits per heavy atom. The van der Waals surface area contributed by atoms with Gasteiger partial charge >= 0.3 is 12.2 Å². The van der Waals surface area contributed by atoms with Gasteiger partial charge in [-0.1, -0.05) is 126 Å². The molecule has 2 saturated carbocycles. The van der Waals surface area contributed by atoms with Crippen LogP contribution in [-0.4, -0.2) is 12.2 Å². The topological polar surface area (TPSA) is 18.5 Å². The van der Waals surface area contributed by atoms with Crippen molar-refractivity contribution in [3.63, 3.8) is 0 Å². The first-order chi connectivity index (χ1) is 24.2. The predicted octanol–water partition coefficient (Wildman–Crippen LogP) is 14.4. The van der Waals surface area contributed by atoms with Crippen LogP contribution in [0.15, 0.2) is 72.8 Å². The van der Waals surface area contributed by atoms with Crippen LogP contribution in [0.3, 0.4) is 0 Å². The zero-order chi connectivity index (χ0) is 35.1. The minimum Gasteiger partial charge on any atom is -0.432 e. The van der Waals surface area contributed by atoms with E-state index in [2.05, 4.69) is 13.8 Å². The monoisotopic (exact) mass is 690 g/mol. The normalized spacial score (nSPS) is 21.8. The molecule has 0 saturated heterocycles. The van der Waals surface area contributed by atoms with Crippen LogP contribution in [0.1, 0.15) is 117 Å². The summed E-state index contributed by atoms with van der Waals surface area (Å²) in [7, 11) is 0. The fourth-order valence-corrected chi connectivity index (χ4v) is 8.59. The van der Waals surface area contributed by atoms with Crippen LogP contribution in [-0.2, 0) is 0 Å². The third-order valence-electron chi connectivity index (χ3n) is 11.6. The molecule has 0 bridgehead atoms. The third kappa shape index (κ3) is 8.43. The maximum atomic E-state index is 16.2. The van der Waals surface area contributed by atoms with Crippen molar-refractivity contribution < 1.29 is 27.0 Å². The Hall–Kier alpha value is -3.28. The Morgan fingerprint density at radius 2 is 0.880 bits per heavy atom. The van der Waals surface area contributed by atoms with Crippen LogP contribution in [0.25, 0.3) is 32.7 Å². The number of unbranched alkanes of at least 4 members (excludes halogenated alkanes) is 4. The van der Waals surface area contributed by atoms with Gasteiger partial charge in [-0.3, -0.25) is 0 Å². The second-order valence-corrected chi connectivity index (χ2v) is 15.1. The zero-order valence-electron chi connectivity index (χ0n) is 29.9. The average Bonchev–Trinajstić information content (AvgIpc) is 3.12. The number of fused-ring (bicyclic) bond motifs is 2. The van der Waals surface area contributed by atoms with Crippen LogP contribution in [0, 0.1) is 23.7 Å². The molecule has 2 aliphatic carbocycles. The first-order valence-corrected chi connectivity index (χ1v) is 19.4. The van der Waals surface area contributed by atoms with E-state index < -0.39 is 24.1 Å². The van der Waals surface area contributed by atoms with Gasteiger partial charge in [-0.25, -0.2) is 0 Å². The van der Waals surface area contributed by atoms with Crippen molar-refractivity contribution in [2.45, 2.75) is 129 Å². The number of rotatable bonds is 15. The van der Waals surface area contributed by atoms with Crippen LogP contribution >= 0.6 is 0 Å². The van der Waals surface area contributed by atoms with Crippen molar-refractivity contribution in [1.82, 2.24) is 0 Å². The summed E-state index contributed by atoms with van der Waals surface area (Å²) in [4.78, 5) is 0. The van der Waals surface area contributed by atoms with Gasteiger partial charge in [-0.2, -0.15) is 17.6 Å². The summed E-state index contributed by atoms with van der Waals surface area (Å²) in [6.45, 7) is 4.35. The fourth-order valence-electron chi connectivity index (χ4n) is 8.59. The van der Waals surface area contributed by atoms with E-state index in [4.69, 9.17) is 9.47 Å². The van der Waals surface area contributed by atoms with E-state index >= 15 is 17.6 Å². The lowest BCUT2D eigenvalue weighted by Crippen LogP contribution is -2.37. The Bertz CT molecular complexity index is 1560. The van der Waals surface area contributed by atoms with Crippen molar-refractivity contribution in [2.75, 3.05) is 0 Å². The quantitative estimate of drug-likeness (QED) is 0.0913. The predicted molar refractivity (Wildman–Crippen MR) is 197 cm³/mol. The molecule has 0 radical (unpaired) electrons. The van der Waals surface area contributed by atoms with Gasteiger partial charge in [0.2, 0.25) is 0 Å². The molecule has 0 heterocycles. The van der Waals surface area contributed by atoms with Gasteiger partial charge in [0.1, 0.15) is 11.5 Å². The van der Waals surface area contributed by atoms with Gasteiger partial charge in [-0.15, -0.1) is 0 Å². The summed E-state index contributed by atoms with van der Waals surface area (Å²) in [5, 5.41) is 2.91. The van der Waals surface area contributed by atoms with Gasteiger partial charge in [0, 0.05) is 11.1 Å². The van der Waals surface area contributed by atoms with Crippen molar-refractivity contribution >= 4 is 21.5 Å². The molecule has 270 valence electrons. The maximum Gasteiger partial charge on any atom is 0.400 e. The molecule has 0 aromatic heterocycles. The highest BCUT2D eigenvalue weighted by Gasteiger charge is 2.46. The number of hydrogen-bond acceptors (Lipinski definition) is 2. The Balaban J connectivity index is 1.33. The molecule has 0 unspecified atom stereocenters. The van der Waals surface area contributed by atoms with Crippen LogP contribution in [0.5, 0.6) is 11.5 Å². The molecule has 0 amide bonds. The molecule has 6 rings (SSSR count). The van der Waals surface area contributed by atoms with Crippen molar-refractivity contribution in [1.29, 1.82) is 0 Å². The average molecular weight is 691 g/mol. The Morgan fingerprint density at radius 3 is 1.26 bits per heavy atom. The molecule has 2 nitrogen and oxygen atoms in total. The number of halogens is 4. The number of benzene rings is 4. The van der Waals surface area contributed by atoms with Crippen molar-refractivity contribution in [3.8, 4) is 22.6 Å². The maximum absolute atomic E-state index is 16.2. The molecule has 2 fully saturated rings. The third-order valence-corrected chi connectivity index (χ3v) is 11.6. The molecule has 0 N–H and O–H groups in total. The SMILES string of the molecule is CCCCCC1CCC(C(F)(F)Oc2ccc3ccccc3c2-c2c(OC(F)(F)C3CCC(CCCCC)CC3)ccc3ccccc23)CC1. The van der Waals surface area contributed by atoms with E-state index in [-0.39, 0.29) is 11.5 Å². The second kappa shape index (κ2) is 16.4. The van der Waals surface area contributed by atoms with Crippen molar-refractivity contribution in [3.05, 3.63) is 72.8 Å². The standard InChI is InChI=1S/C44H54F4O2/c1-3-5-7-13-31-19-25-35(26-20-31)43(45,46)49-39-29-23-33-15-9-11-17-37(33)41(39)42-38-18-12-10-16-34(38)24-30-40(42)50-44(47,48)36-27-21-32(22-28-36)14-8-6-4-2/h9-12,15-18,23-24,29-32,35-36H,3-8,13-14,19-22,25-28H2,1-2H3. The summed E-state index contributed by atoms with van der Waals surface area (Å²) in [5.74, 6) is -0.884. The molecule has 0 spiro atoms. The van der Waals surface area contributed by atoms with Crippen molar-refractivity contribution in [2.24, 2.45) is 23.7 Å². The number of alkyl halides is 4. The fraction of sp³-hybridized carbons (Fsp3) is 0.545. The highest BCUT2D eigenvalue weighted by molar-refractivity contribution is 6.09. The van der Waals surface area contributed by atoms with E-state index in [0.717, 1.165) is 75.0 Å². The van der Waals surface area contributed by atoms with Crippen LogP contribution in [0.2, 0.25) is 0 Å². The first kappa shape index (κ1) is 36.5. The van der Waals surface area contributed by atoms with Gasteiger partial charge in [0.25, 0.3) is 0 Å². The lowest BCUT2D eigenvalue weighted by Gasteiger charge is -2.34. The summed E-state index contributed by atoms with van der Waals surface area (Å²) in [5.41, 5.74) is 0.719. The molecular weight excluding hydrogens is 636 g/mol. The van der Waals surface area contributed by atoms with Gasteiger partial charge in [0.05, 0.1) is 11.8 Å². The van der Waals surface area contributed by atoms with Crippen LogP contribution in [0.4, 0.5) is 17.6 Å². The summed E-state index contributed by atoms with van der Waals surface area (Å²) < 4.78 is 76.4. The lowest BCUT2D eigenvalue weighted by molar-refractivity contribution is -0.224. The molecule has 4 aromatic rings. The summed E-state index contributed by atoms with van der Waals surface area (Å²) in [6, 6.07) is 21.6. The minimum absolute atomic E-state index is 0.0177. The highest BCUT2D eigenvalue weighted by atomic mass is 19.3. The van der Waals surface area contributed by atoms with E-state index in [9.17, 15) is 0 Å². The second-order valence-electron chi connectivity index (χ2n) is 15.1.